The molecule has 0 radical (unpaired) electrons. The summed E-state index contributed by atoms with van der Waals surface area (Å²) < 4.78 is 73.7. The van der Waals surface area contributed by atoms with Crippen LogP contribution in [0.5, 0.6) is 0 Å². The fourth-order valence-electron chi connectivity index (χ4n) is 6.19. The van der Waals surface area contributed by atoms with E-state index >= 15 is 0 Å². The van der Waals surface area contributed by atoms with Gasteiger partial charge in [0, 0.05) is 48.7 Å². The van der Waals surface area contributed by atoms with Crippen molar-refractivity contribution in [2.45, 2.75) is 9.79 Å². The maximum atomic E-state index is 13.1. The first-order valence-corrected chi connectivity index (χ1v) is 22.2. The SMILES string of the molecule is O=S(=O)(O)c1ccccc1C(Nc1nc(Nc2ccccc2)nc(N(CCO)CCO)n1)=C(Nc1nc(Nc2ccccc2)nc(N(CCO)CCO)n1)c1ccccc1S(=O)(=O)O. The quantitative estimate of drug-likeness (QED) is 0.0346. The molecule has 0 unspecified atom stereocenters. The molecule has 2 heterocycles. The summed E-state index contributed by atoms with van der Waals surface area (Å²) in [5.74, 6) is -0.898. The number of hydrogen-bond donors (Lipinski definition) is 10. The summed E-state index contributed by atoms with van der Waals surface area (Å²) in [6.45, 7) is -1.63. The molecule has 0 aliphatic heterocycles. The number of anilines is 8. The summed E-state index contributed by atoms with van der Waals surface area (Å²) in [6.07, 6.45) is 0. The van der Waals surface area contributed by atoms with Gasteiger partial charge in [-0.2, -0.15) is 46.7 Å². The van der Waals surface area contributed by atoms with Crippen molar-refractivity contribution >= 4 is 78.7 Å². The van der Waals surface area contributed by atoms with E-state index in [1.54, 1.807) is 60.7 Å². The summed E-state index contributed by atoms with van der Waals surface area (Å²) >= 11 is 0. The van der Waals surface area contributed by atoms with Crippen LogP contribution in [0.2, 0.25) is 0 Å². The Morgan fingerprint density at radius 1 is 0.438 bits per heavy atom. The van der Waals surface area contributed by atoms with Gasteiger partial charge in [-0.3, -0.25) is 9.11 Å². The van der Waals surface area contributed by atoms with E-state index in [9.17, 15) is 46.4 Å². The number of hydrogen-bond acceptors (Lipinski definition) is 20. The van der Waals surface area contributed by atoms with Gasteiger partial charge >= 0.3 is 0 Å². The maximum Gasteiger partial charge on any atom is 0.295 e. The normalized spacial score (nSPS) is 12.0. The van der Waals surface area contributed by atoms with Gasteiger partial charge in [0.15, 0.2) is 0 Å². The Morgan fingerprint density at radius 2 is 0.750 bits per heavy atom. The molecule has 22 nitrogen and oxygen atoms in total. The van der Waals surface area contributed by atoms with Crippen molar-refractivity contribution in [2.24, 2.45) is 0 Å². The summed E-state index contributed by atoms with van der Waals surface area (Å²) in [4.78, 5) is 28.7. The Balaban J connectivity index is 1.69. The van der Waals surface area contributed by atoms with Crippen molar-refractivity contribution < 1.29 is 46.4 Å². The number of aliphatic hydroxyl groups excluding tert-OH is 4. The Labute approximate surface area is 367 Å². The molecule has 2 aromatic heterocycles. The topological polar surface area (TPSA) is 322 Å². The minimum absolute atomic E-state index is 0.0394. The lowest BCUT2D eigenvalue weighted by molar-refractivity contribution is 0.279. The van der Waals surface area contributed by atoms with Crippen LogP contribution in [-0.2, 0) is 20.2 Å². The number of para-hydroxylation sites is 2. The van der Waals surface area contributed by atoms with E-state index in [0.717, 1.165) is 12.1 Å². The first-order valence-electron chi connectivity index (χ1n) is 19.3. The summed E-state index contributed by atoms with van der Waals surface area (Å²) in [6, 6.07) is 27.8. The van der Waals surface area contributed by atoms with Crippen LogP contribution in [0.4, 0.5) is 47.1 Å². The number of aliphatic hydroxyl groups is 4. The highest BCUT2D eigenvalue weighted by Crippen LogP contribution is 2.35. The monoisotopic (exact) mass is 916 g/mol. The fourth-order valence-corrected chi connectivity index (χ4v) is 7.59. The smallest absolute Gasteiger partial charge is 0.295 e. The van der Waals surface area contributed by atoms with Gasteiger partial charge in [-0.05, 0) is 36.4 Å². The highest BCUT2D eigenvalue weighted by Gasteiger charge is 2.28. The zero-order valence-corrected chi connectivity index (χ0v) is 35.4. The van der Waals surface area contributed by atoms with Crippen LogP contribution in [0.1, 0.15) is 11.1 Å². The lowest BCUT2D eigenvalue weighted by Gasteiger charge is -2.24. The van der Waals surface area contributed by atoms with Crippen LogP contribution < -0.4 is 31.1 Å². The average Bonchev–Trinajstić information content (AvgIpc) is 3.27. The van der Waals surface area contributed by atoms with E-state index in [1.165, 1.54) is 46.2 Å². The molecule has 10 N–H and O–H groups in total. The van der Waals surface area contributed by atoms with Gasteiger partial charge in [0.2, 0.25) is 35.7 Å². The largest absolute Gasteiger partial charge is 0.395 e. The van der Waals surface area contributed by atoms with Gasteiger partial charge in [-0.1, -0.05) is 72.8 Å². The highest BCUT2D eigenvalue weighted by molar-refractivity contribution is 7.86. The zero-order valence-electron chi connectivity index (χ0n) is 33.8. The van der Waals surface area contributed by atoms with E-state index in [-0.39, 0.29) is 111 Å². The molecule has 0 saturated heterocycles. The first-order chi connectivity index (χ1) is 30.8. The number of nitrogens with one attached hydrogen (secondary N) is 4. The van der Waals surface area contributed by atoms with Crippen molar-refractivity contribution in [3.05, 3.63) is 120 Å². The van der Waals surface area contributed by atoms with E-state index in [4.69, 9.17) is 0 Å². The maximum absolute atomic E-state index is 13.1. The van der Waals surface area contributed by atoms with Gasteiger partial charge in [-0.25, -0.2) is 0 Å². The average molecular weight is 917 g/mol. The van der Waals surface area contributed by atoms with Gasteiger partial charge in [0.05, 0.1) is 37.8 Å². The Hall–Kier alpha value is -6.90. The van der Waals surface area contributed by atoms with Crippen LogP contribution in [0.25, 0.3) is 11.4 Å². The molecule has 336 valence electrons. The predicted octanol–water partition coefficient (Wildman–Crippen LogP) is 2.67. The molecule has 0 saturated carbocycles. The van der Waals surface area contributed by atoms with Crippen LogP contribution in [0.15, 0.2) is 119 Å². The van der Waals surface area contributed by atoms with Crippen molar-refractivity contribution in [1.82, 2.24) is 29.9 Å². The third kappa shape index (κ3) is 12.2. The Morgan fingerprint density at radius 3 is 1.08 bits per heavy atom. The zero-order chi connectivity index (χ0) is 45.7. The van der Waals surface area contributed by atoms with E-state index in [0.29, 0.717) is 11.4 Å². The molecule has 64 heavy (non-hydrogen) atoms. The third-order valence-electron chi connectivity index (χ3n) is 8.94. The molecule has 0 fully saturated rings. The number of rotatable bonds is 22. The summed E-state index contributed by atoms with van der Waals surface area (Å²) in [5.41, 5.74) is -0.131. The van der Waals surface area contributed by atoms with Gasteiger partial charge < -0.3 is 51.5 Å². The minimum Gasteiger partial charge on any atom is -0.395 e. The molecular formula is C40H44N12O10S2. The molecule has 24 heteroatoms. The van der Waals surface area contributed by atoms with E-state index in [1.807, 2.05) is 0 Å². The van der Waals surface area contributed by atoms with Crippen molar-refractivity contribution in [3.63, 3.8) is 0 Å². The van der Waals surface area contributed by atoms with Crippen LogP contribution >= 0.6 is 0 Å². The van der Waals surface area contributed by atoms with Gasteiger partial charge in [-0.15, -0.1) is 0 Å². The van der Waals surface area contributed by atoms with E-state index < -0.39 is 30.0 Å². The van der Waals surface area contributed by atoms with Crippen molar-refractivity contribution in [3.8, 4) is 0 Å². The second-order valence-electron chi connectivity index (χ2n) is 13.4. The Bertz CT molecular complexity index is 2570. The second kappa shape index (κ2) is 21.5. The van der Waals surface area contributed by atoms with Crippen LogP contribution in [0.3, 0.4) is 0 Å². The minimum atomic E-state index is -5.06. The Kier molecular flexibility index (Phi) is 15.6. The van der Waals surface area contributed by atoms with Gasteiger partial charge in [0.25, 0.3) is 20.2 Å². The molecule has 4 aromatic carbocycles. The lowest BCUT2D eigenvalue weighted by atomic mass is 10.0. The molecule has 0 aliphatic carbocycles. The molecule has 0 bridgehead atoms. The standard InChI is InChI=1S/C40H44N12O10S2/c53-23-19-51(20-24-54)39-47-35(41-27-11-3-1-4-12-27)45-37(49-39)43-33(29-15-7-9-17-31(29)63(57,58)59)34(30-16-8-10-18-32(30)64(60,61)62)44-38-46-36(42-28-13-5-2-6-14-28)48-40(50-38)52(21-25-55)22-26-56/h1-18,53-56H,19-26H2,(H,57,58,59)(H,60,61,62)(H2,41,43,45,47,49)(H2,42,44,46,48,50). The summed E-state index contributed by atoms with van der Waals surface area (Å²) in [7, 11) is -10.1. The number of aromatic nitrogens is 6. The lowest BCUT2D eigenvalue weighted by Crippen LogP contribution is -2.32. The molecule has 0 amide bonds. The number of nitrogens with zero attached hydrogens (tertiary/aromatic N) is 8. The fraction of sp³-hybridized carbons (Fsp3) is 0.200. The molecule has 6 rings (SSSR count). The predicted molar refractivity (Wildman–Crippen MR) is 238 cm³/mol. The first kappa shape index (κ1) is 46.6. The second-order valence-corrected chi connectivity index (χ2v) is 16.1. The van der Waals surface area contributed by atoms with Crippen molar-refractivity contribution in [2.75, 3.05) is 83.7 Å². The molecular weight excluding hydrogens is 873 g/mol. The van der Waals surface area contributed by atoms with Crippen molar-refractivity contribution in [1.29, 1.82) is 0 Å². The van der Waals surface area contributed by atoms with Crippen LogP contribution in [0, 0.1) is 0 Å². The highest BCUT2D eigenvalue weighted by atomic mass is 32.2. The summed E-state index contributed by atoms with van der Waals surface area (Å²) in [5, 5.41) is 51.7. The molecule has 0 aliphatic rings. The third-order valence-corrected chi connectivity index (χ3v) is 10.8. The molecule has 6 aromatic rings. The van der Waals surface area contributed by atoms with E-state index in [2.05, 4.69) is 51.2 Å². The molecule has 0 atom stereocenters. The number of benzene rings is 4. The van der Waals surface area contributed by atoms with Crippen LogP contribution in [-0.4, -0.2) is 129 Å². The van der Waals surface area contributed by atoms with Gasteiger partial charge in [0.1, 0.15) is 9.79 Å². The molecule has 0 spiro atoms.